The van der Waals surface area contributed by atoms with Crippen molar-refractivity contribution in [2.24, 2.45) is 0 Å². The van der Waals surface area contributed by atoms with Crippen molar-refractivity contribution in [2.75, 3.05) is 10.6 Å². The number of halogens is 3. The molecule has 0 aliphatic rings. The molecule has 0 spiro atoms. The lowest BCUT2D eigenvalue weighted by Crippen LogP contribution is -2.29. The Morgan fingerprint density at radius 2 is 1.76 bits per heavy atom. The van der Waals surface area contributed by atoms with Crippen molar-refractivity contribution in [1.82, 2.24) is 4.98 Å². The lowest BCUT2D eigenvalue weighted by molar-refractivity contribution is -0.167. The molecule has 21 heavy (non-hydrogen) atoms. The van der Waals surface area contributed by atoms with E-state index in [1.807, 2.05) is 0 Å². The summed E-state index contributed by atoms with van der Waals surface area (Å²) in [5.74, 6) is -2.51. The largest absolute Gasteiger partial charge is 0.471 e. The van der Waals surface area contributed by atoms with Gasteiger partial charge in [-0.2, -0.15) is 13.2 Å². The fraction of sp³-hybridized carbons (Fsp3) is 0.0833. The van der Waals surface area contributed by atoms with Gasteiger partial charge in [-0.05, 0) is 24.3 Å². The number of alkyl halides is 3. The summed E-state index contributed by atoms with van der Waals surface area (Å²) in [6.07, 6.45) is -3.43. The van der Waals surface area contributed by atoms with E-state index in [0.29, 0.717) is 5.13 Å². The van der Waals surface area contributed by atoms with E-state index in [1.54, 1.807) is 10.7 Å². The highest BCUT2D eigenvalue weighted by Crippen LogP contribution is 2.19. The first-order chi connectivity index (χ1) is 9.86. The summed E-state index contributed by atoms with van der Waals surface area (Å²) in [5.41, 5.74) is 0.179. The molecule has 0 aliphatic heterocycles. The number of anilines is 2. The second-order valence-corrected chi connectivity index (χ2v) is 4.72. The van der Waals surface area contributed by atoms with Crippen LogP contribution in [-0.4, -0.2) is 23.0 Å². The minimum absolute atomic E-state index is 0.0527. The highest BCUT2D eigenvalue weighted by Gasteiger charge is 2.38. The fourth-order valence-electron chi connectivity index (χ4n) is 1.36. The second kappa shape index (κ2) is 5.92. The van der Waals surface area contributed by atoms with Crippen molar-refractivity contribution in [3.8, 4) is 0 Å². The van der Waals surface area contributed by atoms with E-state index in [2.05, 4.69) is 10.3 Å². The van der Waals surface area contributed by atoms with Gasteiger partial charge in [-0.15, -0.1) is 11.3 Å². The molecule has 0 saturated carbocycles. The highest BCUT2D eigenvalue weighted by molar-refractivity contribution is 7.13. The molecule has 0 aliphatic carbocycles. The smallest absolute Gasteiger partial charge is 0.318 e. The van der Waals surface area contributed by atoms with Crippen LogP contribution < -0.4 is 10.6 Å². The average Bonchev–Trinajstić information content (AvgIpc) is 2.91. The van der Waals surface area contributed by atoms with Crippen LogP contribution in [0, 0.1) is 0 Å². The molecule has 5 nitrogen and oxygen atoms in total. The molecule has 1 aromatic carbocycles. The van der Waals surface area contributed by atoms with Crippen LogP contribution in [0.2, 0.25) is 0 Å². The molecule has 1 aromatic heterocycles. The quantitative estimate of drug-likeness (QED) is 0.915. The minimum Gasteiger partial charge on any atom is -0.318 e. The van der Waals surface area contributed by atoms with Crippen LogP contribution in [-0.2, 0) is 4.79 Å². The molecule has 0 fully saturated rings. The maximum absolute atomic E-state index is 12.1. The molecule has 2 amide bonds. The van der Waals surface area contributed by atoms with Crippen molar-refractivity contribution in [2.45, 2.75) is 6.18 Å². The third-order valence-corrected chi connectivity index (χ3v) is 3.00. The maximum Gasteiger partial charge on any atom is 0.471 e. The first kappa shape index (κ1) is 15.0. The van der Waals surface area contributed by atoms with E-state index >= 15 is 0 Å². The van der Waals surface area contributed by atoms with E-state index in [-0.39, 0.29) is 11.3 Å². The van der Waals surface area contributed by atoms with E-state index < -0.39 is 18.0 Å². The molecule has 2 N–H and O–H groups in total. The highest BCUT2D eigenvalue weighted by atomic mass is 32.1. The summed E-state index contributed by atoms with van der Waals surface area (Å²) < 4.78 is 36.2. The minimum atomic E-state index is -4.96. The number of aromatic nitrogens is 1. The Bertz CT molecular complexity index is 639. The van der Waals surface area contributed by atoms with E-state index in [4.69, 9.17) is 0 Å². The average molecular weight is 315 g/mol. The van der Waals surface area contributed by atoms with E-state index in [0.717, 1.165) is 0 Å². The van der Waals surface area contributed by atoms with Crippen LogP contribution in [0.15, 0.2) is 35.8 Å². The summed E-state index contributed by atoms with van der Waals surface area (Å²) in [7, 11) is 0. The number of benzene rings is 1. The van der Waals surface area contributed by atoms with Gasteiger partial charge in [0.25, 0.3) is 5.91 Å². The number of carbonyl (C=O) groups excluding carboxylic acids is 2. The molecule has 0 atom stereocenters. The molecule has 0 bridgehead atoms. The van der Waals surface area contributed by atoms with Crippen LogP contribution in [0.1, 0.15) is 10.4 Å². The van der Waals surface area contributed by atoms with Crippen molar-refractivity contribution >= 4 is 34.0 Å². The zero-order chi connectivity index (χ0) is 15.5. The summed E-state index contributed by atoms with van der Waals surface area (Å²) in [4.78, 5) is 26.4. The predicted octanol–water partition coefficient (Wildman–Crippen LogP) is 2.90. The zero-order valence-electron chi connectivity index (χ0n) is 10.3. The number of rotatable bonds is 3. The predicted molar refractivity (Wildman–Crippen MR) is 71.2 cm³/mol. The third-order valence-electron chi connectivity index (χ3n) is 2.32. The molecule has 1 heterocycles. The molecule has 0 saturated heterocycles. The van der Waals surface area contributed by atoms with Gasteiger partial charge in [0, 0.05) is 22.8 Å². The molecule has 110 valence electrons. The van der Waals surface area contributed by atoms with Crippen molar-refractivity contribution < 1.29 is 22.8 Å². The van der Waals surface area contributed by atoms with Gasteiger partial charge in [0.1, 0.15) is 0 Å². The Morgan fingerprint density at radius 1 is 1.10 bits per heavy atom. The molecular weight excluding hydrogens is 307 g/mol. The van der Waals surface area contributed by atoms with Crippen LogP contribution in [0.4, 0.5) is 24.0 Å². The van der Waals surface area contributed by atoms with Crippen LogP contribution in [0.3, 0.4) is 0 Å². The number of nitrogens with zero attached hydrogens (tertiary/aromatic N) is 1. The molecule has 0 unspecified atom stereocenters. The number of hydrogen-bond donors (Lipinski definition) is 2. The van der Waals surface area contributed by atoms with E-state index in [9.17, 15) is 22.8 Å². The Labute approximate surface area is 120 Å². The van der Waals surface area contributed by atoms with Gasteiger partial charge >= 0.3 is 12.1 Å². The Hall–Kier alpha value is -2.42. The number of hydrogen-bond acceptors (Lipinski definition) is 4. The van der Waals surface area contributed by atoms with Crippen LogP contribution in [0.5, 0.6) is 0 Å². The van der Waals surface area contributed by atoms with Crippen molar-refractivity contribution in [3.63, 3.8) is 0 Å². The van der Waals surface area contributed by atoms with Gasteiger partial charge in [0.15, 0.2) is 5.13 Å². The number of thiazole rings is 1. The second-order valence-electron chi connectivity index (χ2n) is 3.82. The van der Waals surface area contributed by atoms with Gasteiger partial charge < -0.3 is 5.32 Å². The Balaban J connectivity index is 2.02. The Kier molecular flexibility index (Phi) is 4.22. The monoisotopic (exact) mass is 315 g/mol. The molecule has 0 radical (unpaired) electrons. The first-order valence-corrected chi connectivity index (χ1v) is 6.43. The molecule has 2 aromatic rings. The third kappa shape index (κ3) is 4.02. The first-order valence-electron chi connectivity index (χ1n) is 5.55. The summed E-state index contributed by atoms with van der Waals surface area (Å²) in [6.45, 7) is 0. The SMILES string of the molecule is O=C(Nc1nccs1)c1ccc(NC(=O)C(F)(F)F)cc1. The van der Waals surface area contributed by atoms with Gasteiger partial charge in [-0.1, -0.05) is 0 Å². The van der Waals surface area contributed by atoms with Crippen LogP contribution in [0.25, 0.3) is 0 Å². The van der Waals surface area contributed by atoms with Gasteiger partial charge in [0.05, 0.1) is 0 Å². The zero-order valence-corrected chi connectivity index (χ0v) is 11.1. The summed E-state index contributed by atoms with van der Waals surface area (Å²) >= 11 is 1.24. The standard InChI is InChI=1S/C12H8F3N3O2S/c13-12(14,15)10(20)17-8-3-1-7(2-4-8)9(19)18-11-16-5-6-21-11/h1-6H,(H,17,20)(H,16,18,19). The molecule has 2 rings (SSSR count). The van der Waals surface area contributed by atoms with Crippen molar-refractivity contribution in [3.05, 3.63) is 41.4 Å². The summed E-state index contributed by atoms with van der Waals surface area (Å²) in [5, 5.41) is 6.31. The Morgan fingerprint density at radius 3 is 2.29 bits per heavy atom. The molecule has 9 heteroatoms. The van der Waals surface area contributed by atoms with Gasteiger partial charge in [-0.25, -0.2) is 4.98 Å². The van der Waals surface area contributed by atoms with Gasteiger partial charge in [0.2, 0.25) is 0 Å². The lowest BCUT2D eigenvalue weighted by atomic mass is 10.2. The lowest BCUT2D eigenvalue weighted by Gasteiger charge is -2.08. The van der Waals surface area contributed by atoms with Crippen molar-refractivity contribution in [1.29, 1.82) is 0 Å². The maximum atomic E-state index is 12.1. The number of nitrogens with one attached hydrogen (secondary N) is 2. The van der Waals surface area contributed by atoms with E-state index in [1.165, 1.54) is 41.8 Å². The topological polar surface area (TPSA) is 71.1 Å². The number of carbonyl (C=O) groups is 2. The summed E-state index contributed by atoms with van der Waals surface area (Å²) in [6, 6.07) is 5.02. The fourth-order valence-corrected chi connectivity index (χ4v) is 1.89. The normalized spacial score (nSPS) is 11.0. The number of amides is 2. The van der Waals surface area contributed by atoms with Gasteiger partial charge in [-0.3, -0.25) is 14.9 Å². The van der Waals surface area contributed by atoms with Crippen LogP contribution >= 0.6 is 11.3 Å². The molecular formula is C12H8F3N3O2S.